The molecule has 2 heterocycles. The van der Waals surface area contributed by atoms with Crippen LogP contribution in [0.4, 0.5) is 0 Å². The second-order valence-electron chi connectivity index (χ2n) is 7.70. The number of carbonyl (C=O) groups is 1. The molecule has 2 saturated heterocycles. The van der Waals surface area contributed by atoms with E-state index in [0.717, 1.165) is 45.3 Å². The fourth-order valence-corrected chi connectivity index (χ4v) is 5.83. The van der Waals surface area contributed by atoms with E-state index in [-0.39, 0.29) is 16.8 Å². The van der Waals surface area contributed by atoms with Crippen LogP contribution in [0.25, 0.3) is 0 Å². The molecule has 0 aromatic heterocycles. The topological polar surface area (TPSA) is 69.7 Å². The molecular formula is C20H30BrN3O3S. The zero-order valence-corrected chi connectivity index (χ0v) is 18.9. The SMILES string of the molecule is CCCCN1CCC(NC(=O)c2cc(S(=O)(=O)N3CCCC3)ccc2Br)CC1. The molecule has 156 valence electrons. The number of rotatable bonds is 7. The van der Waals surface area contributed by atoms with Gasteiger partial charge in [-0.1, -0.05) is 13.3 Å². The second-order valence-corrected chi connectivity index (χ2v) is 10.5. The van der Waals surface area contributed by atoms with Crippen molar-refractivity contribution in [2.75, 3.05) is 32.7 Å². The Morgan fingerprint density at radius 2 is 1.86 bits per heavy atom. The summed E-state index contributed by atoms with van der Waals surface area (Å²) >= 11 is 3.41. The van der Waals surface area contributed by atoms with Crippen molar-refractivity contribution in [2.24, 2.45) is 0 Å². The summed E-state index contributed by atoms with van der Waals surface area (Å²) in [5.41, 5.74) is 0.383. The standard InChI is InChI=1S/C20H30BrN3O3S/c1-2-3-10-23-13-8-16(9-14-23)22-20(25)18-15-17(6-7-19(18)21)28(26,27)24-11-4-5-12-24/h6-7,15-16H,2-5,8-14H2,1H3,(H,22,25). The Hall–Kier alpha value is -0.960. The second kappa shape index (κ2) is 9.69. The van der Waals surface area contributed by atoms with Gasteiger partial charge >= 0.3 is 0 Å². The molecule has 1 aromatic rings. The summed E-state index contributed by atoms with van der Waals surface area (Å²) in [7, 11) is -3.53. The van der Waals surface area contributed by atoms with Crippen LogP contribution in [0.2, 0.25) is 0 Å². The molecule has 2 fully saturated rings. The fourth-order valence-electron chi connectivity index (χ4n) is 3.86. The van der Waals surface area contributed by atoms with Gasteiger partial charge in [-0.25, -0.2) is 8.42 Å². The van der Waals surface area contributed by atoms with Gasteiger partial charge in [-0.2, -0.15) is 4.31 Å². The lowest BCUT2D eigenvalue weighted by atomic mass is 10.0. The van der Waals surface area contributed by atoms with Crippen LogP contribution >= 0.6 is 15.9 Å². The van der Waals surface area contributed by atoms with Crippen LogP contribution in [0.5, 0.6) is 0 Å². The van der Waals surface area contributed by atoms with Crippen molar-refractivity contribution in [3.63, 3.8) is 0 Å². The predicted octanol–water partition coefficient (Wildman–Crippen LogP) is 3.23. The summed E-state index contributed by atoms with van der Waals surface area (Å²) in [5, 5.41) is 3.10. The highest BCUT2D eigenvalue weighted by Crippen LogP contribution is 2.26. The minimum absolute atomic E-state index is 0.135. The van der Waals surface area contributed by atoms with Crippen LogP contribution in [0.3, 0.4) is 0 Å². The Balaban J connectivity index is 1.65. The summed E-state index contributed by atoms with van der Waals surface area (Å²) in [6, 6.07) is 4.87. The van der Waals surface area contributed by atoms with Crippen molar-refractivity contribution in [3.8, 4) is 0 Å². The first-order chi connectivity index (χ1) is 13.4. The third-order valence-electron chi connectivity index (χ3n) is 5.64. The van der Waals surface area contributed by atoms with Gasteiger partial charge in [0.25, 0.3) is 5.91 Å². The van der Waals surface area contributed by atoms with E-state index < -0.39 is 10.0 Å². The van der Waals surface area contributed by atoms with Gasteiger partial charge in [0.15, 0.2) is 0 Å². The molecule has 6 nitrogen and oxygen atoms in total. The molecule has 28 heavy (non-hydrogen) atoms. The molecule has 8 heteroatoms. The number of hydrogen-bond acceptors (Lipinski definition) is 4. The molecule has 0 atom stereocenters. The monoisotopic (exact) mass is 471 g/mol. The largest absolute Gasteiger partial charge is 0.349 e. The molecule has 0 saturated carbocycles. The van der Waals surface area contributed by atoms with E-state index in [1.54, 1.807) is 12.1 Å². The fraction of sp³-hybridized carbons (Fsp3) is 0.650. The summed E-state index contributed by atoms with van der Waals surface area (Å²) in [6.45, 7) is 6.42. The van der Waals surface area contributed by atoms with E-state index in [4.69, 9.17) is 0 Å². The number of nitrogens with zero attached hydrogens (tertiary/aromatic N) is 2. The van der Waals surface area contributed by atoms with Gasteiger partial charge in [0, 0.05) is 36.7 Å². The van der Waals surface area contributed by atoms with Crippen molar-refractivity contribution < 1.29 is 13.2 Å². The predicted molar refractivity (Wildman–Crippen MR) is 114 cm³/mol. The van der Waals surface area contributed by atoms with Gasteiger partial charge in [-0.05, 0) is 72.8 Å². The zero-order valence-electron chi connectivity index (χ0n) is 16.5. The van der Waals surface area contributed by atoms with E-state index in [9.17, 15) is 13.2 Å². The van der Waals surface area contributed by atoms with Crippen LogP contribution in [0, 0.1) is 0 Å². The van der Waals surface area contributed by atoms with Crippen molar-refractivity contribution >= 4 is 31.9 Å². The maximum absolute atomic E-state index is 12.8. The van der Waals surface area contributed by atoms with Gasteiger partial charge in [0.2, 0.25) is 10.0 Å². The molecule has 1 amide bonds. The van der Waals surface area contributed by atoms with Gasteiger partial charge in [0.1, 0.15) is 0 Å². The molecule has 0 bridgehead atoms. The third kappa shape index (κ3) is 5.14. The quantitative estimate of drug-likeness (QED) is 0.662. The van der Waals surface area contributed by atoms with Crippen LogP contribution in [0.1, 0.15) is 55.8 Å². The summed E-state index contributed by atoms with van der Waals surface area (Å²) in [6.07, 6.45) is 6.04. The Labute approximate surface area is 176 Å². The maximum atomic E-state index is 12.8. The van der Waals surface area contributed by atoms with E-state index in [2.05, 4.69) is 33.1 Å². The molecule has 0 unspecified atom stereocenters. The minimum atomic E-state index is -3.53. The number of hydrogen-bond donors (Lipinski definition) is 1. The Bertz CT molecular complexity index is 786. The average Bonchev–Trinajstić information content (AvgIpc) is 3.23. The number of benzene rings is 1. The summed E-state index contributed by atoms with van der Waals surface area (Å²) in [4.78, 5) is 15.5. The molecule has 2 aliphatic rings. The lowest BCUT2D eigenvalue weighted by Crippen LogP contribution is -2.45. The number of likely N-dealkylation sites (tertiary alicyclic amines) is 1. The zero-order chi connectivity index (χ0) is 20.1. The van der Waals surface area contributed by atoms with Crippen molar-refractivity contribution in [1.29, 1.82) is 0 Å². The van der Waals surface area contributed by atoms with Crippen LogP contribution in [-0.4, -0.2) is 62.3 Å². The summed E-state index contributed by atoms with van der Waals surface area (Å²) < 4.78 is 27.7. The smallest absolute Gasteiger partial charge is 0.252 e. The lowest BCUT2D eigenvalue weighted by molar-refractivity contribution is 0.0910. The van der Waals surface area contributed by atoms with E-state index in [1.165, 1.54) is 23.2 Å². The van der Waals surface area contributed by atoms with Crippen molar-refractivity contribution in [2.45, 2.75) is 56.4 Å². The van der Waals surface area contributed by atoms with Crippen LogP contribution in [0.15, 0.2) is 27.6 Å². The number of unbranched alkanes of at least 4 members (excludes halogenated alkanes) is 1. The molecule has 2 aliphatic heterocycles. The van der Waals surface area contributed by atoms with Gasteiger partial charge in [-0.3, -0.25) is 4.79 Å². The number of carbonyl (C=O) groups excluding carboxylic acids is 1. The van der Waals surface area contributed by atoms with Crippen molar-refractivity contribution in [3.05, 3.63) is 28.2 Å². The molecule has 1 aromatic carbocycles. The average molecular weight is 472 g/mol. The Kier molecular flexibility index (Phi) is 7.53. The number of sulfonamides is 1. The number of amides is 1. The first-order valence-electron chi connectivity index (χ1n) is 10.2. The van der Waals surface area contributed by atoms with Crippen molar-refractivity contribution in [1.82, 2.24) is 14.5 Å². The van der Waals surface area contributed by atoms with Gasteiger partial charge in [0.05, 0.1) is 10.5 Å². The first kappa shape index (κ1) is 21.7. The molecule has 0 spiro atoms. The number of halogens is 1. The third-order valence-corrected chi connectivity index (χ3v) is 8.22. The maximum Gasteiger partial charge on any atom is 0.252 e. The normalized spacial score (nSPS) is 19.8. The highest BCUT2D eigenvalue weighted by atomic mass is 79.9. The summed E-state index contributed by atoms with van der Waals surface area (Å²) in [5.74, 6) is -0.211. The van der Waals surface area contributed by atoms with Gasteiger partial charge in [-0.15, -0.1) is 0 Å². The highest BCUT2D eigenvalue weighted by Gasteiger charge is 2.29. The minimum Gasteiger partial charge on any atom is -0.349 e. The van der Waals surface area contributed by atoms with Crippen LogP contribution < -0.4 is 5.32 Å². The van der Waals surface area contributed by atoms with E-state index in [0.29, 0.717) is 23.1 Å². The van der Waals surface area contributed by atoms with E-state index >= 15 is 0 Å². The molecule has 0 aliphatic carbocycles. The Morgan fingerprint density at radius 3 is 2.50 bits per heavy atom. The molecule has 1 N–H and O–H groups in total. The molecule has 3 rings (SSSR count). The van der Waals surface area contributed by atoms with E-state index in [1.807, 2.05) is 0 Å². The number of nitrogens with one attached hydrogen (secondary N) is 1. The first-order valence-corrected chi connectivity index (χ1v) is 12.5. The highest BCUT2D eigenvalue weighted by molar-refractivity contribution is 9.10. The molecular weight excluding hydrogens is 442 g/mol. The number of piperidine rings is 1. The lowest BCUT2D eigenvalue weighted by Gasteiger charge is -2.32. The molecule has 0 radical (unpaired) electrons. The Morgan fingerprint density at radius 1 is 1.18 bits per heavy atom. The van der Waals surface area contributed by atoms with Crippen LogP contribution in [-0.2, 0) is 10.0 Å². The van der Waals surface area contributed by atoms with Gasteiger partial charge < -0.3 is 10.2 Å².